The highest BCUT2D eigenvalue weighted by molar-refractivity contribution is 5.80. The Morgan fingerprint density at radius 1 is 0.745 bits per heavy atom. The first kappa shape index (κ1) is 37.8. The van der Waals surface area contributed by atoms with Crippen molar-refractivity contribution in [2.75, 3.05) is 18.5 Å². The van der Waals surface area contributed by atoms with E-state index in [0.29, 0.717) is 48.2 Å². The summed E-state index contributed by atoms with van der Waals surface area (Å²) in [7, 11) is 0. The van der Waals surface area contributed by atoms with Crippen molar-refractivity contribution in [1.82, 2.24) is 0 Å². The van der Waals surface area contributed by atoms with Gasteiger partial charge in [0.2, 0.25) is 0 Å². The van der Waals surface area contributed by atoms with Gasteiger partial charge in [0.1, 0.15) is 0 Å². The monoisotopic (exact) mass is 675 g/mol. The molecular weight excluding hydrogens is 637 g/mol. The number of carbonyl (C=O) groups excluding carboxylic acids is 1. The van der Waals surface area contributed by atoms with E-state index in [1.165, 1.54) is 12.1 Å². The minimum atomic E-state index is -4.92. The number of hydrogen-bond donors (Lipinski definition) is 1. The molecule has 0 saturated carbocycles. The lowest BCUT2D eigenvalue weighted by atomic mass is 9.88. The molecule has 0 radical (unpaired) electrons. The Balaban J connectivity index is 1.81. The van der Waals surface area contributed by atoms with Gasteiger partial charge in [-0.15, -0.1) is 0 Å². The summed E-state index contributed by atoms with van der Waals surface area (Å²) in [4.78, 5) is 12.9. The summed E-state index contributed by atoms with van der Waals surface area (Å²) in [6.45, 7) is 7.90. The molecule has 258 valence electrons. The van der Waals surface area contributed by atoms with E-state index >= 15 is 0 Å². The van der Waals surface area contributed by atoms with Crippen molar-refractivity contribution in [2.24, 2.45) is 11.8 Å². The Labute approximate surface area is 268 Å². The van der Waals surface area contributed by atoms with Gasteiger partial charge in [0, 0.05) is 12.2 Å². The number of halogens is 9. The normalized spacial score (nSPS) is 13.8. The smallest absolute Gasteiger partial charge is 0.416 e. The van der Waals surface area contributed by atoms with E-state index in [4.69, 9.17) is 4.74 Å². The third kappa shape index (κ3) is 11.2. The fourth-order valence-corrected chi connectivity index (χ4v) is 5.38. The summed E-state index contributed by atoms with van der Waals surface area (Å²) in [6.07, 6.45) is -12.9. The number of nitrogens with one attached hydrogen (secondary N) is 1. The second-order valence-corrected chi connectivity index (χ2v) is 12.1. The summed E-state index contributed by atoms with van der Waals surface area (Å²) < 4.78 is 124. The summed E-state index contributed by atoms with van der Waals surface area (Å²) in [6, 6.07) is 11.6. The summed E-state index contributed by atoms with van der Waals surface area (Å²) >= 11 is 0. The SMILES string of the molecule is CCOC(=O)C(CC(C)C)c1cc(NCCCC(C)Cc2cc(C(F)(F)F)cc(C(F)(F)F)c2)cc(-c2ccc(C(F)(F)F)cc2)c1. The van der Waals surface area contributed by atoms with Crippen LogP contribution in [0.25, 0.3) is 11.1 Å². The van der Waals surface area contributed by atoms with Gasteiger partial charge in [-0.2, -0.15) is 39.5 Å². The van der Waals surface area contributed by atoms with Gasteiger partial charge in [-0.05, 0) is 109 Å². The molecule has 2 unspecified atom stereocenters. The summed E-state index contributed by atoms with van der Waals surface area (Å²) in [5, 5.41) is 3.26. The van der Waals surface area contributed by atoms with Crippen molar-refractivity contribution in [1.29, 1.82) is 0 Å². The van der Waals surface area contributed by atoms with Crippen LogP contribution >= 0.6 is 0 Å². The van der Waals surface area contributed by atoms with Crippen molar-refractivity contribution in [3.8, 4) is 11.1 Å². The van der Waals surface area contributed by atoms with Crippen molar-refractivity contribution in [3.05, 3.63) is 88.5 Å². The van der Waals surface area contributed by atoms with E-state index in [-0.39, 0.29) is 36.5 Å². The highest BCUT2D eigenvalue weighted by Gasteiger charge is 2.37. The third-order valence-electron chi connectivity index (χ3n) is 7.62. The summed E-state index contributed by atoms with van der Waals surface area (Å²) in [5.41, 5.74) is -1.26. The zero-order valence-corrected chi connectivity index (χ0v) is 26.5. The topological polar surface area (TPSA) is 38.3 Å². The van der Waals surface area contributed by atoms with Crippen molar-refractivity contribution in [2.45, 2.75) is 77.8 Å². The zero-order chi connectivity index (χ0) is 35.2. The van der Waals surface area contributed by atoms with Gasteiger partial charge in [0.15, 0.2) is 0 Å². The molecule has 0 fully saturated rings. The van der Waals surface area contributed by atoms with Crippen LogP contribution in [-0.4, -0.2) is 19.1 Å². The van der Waals surface area contributed by atoms with Crippen LogP contribution in [0, 0.1) is 11.8 Å². The number of alkyl halides is 9. The predicted molar refractivity (Wildman–Crippen MR) is 163 cm³/mol. The number of esters is 1. The summed E-state index contributed by atoms with van der Waals surface area (Å²) in [5.74, 6) is -1.16. The first-order valence-corrected chi connectivity index (χ1v) is 15.3. The Morgan fingerprint density at radius 3 is 1.83 bits per heavy atom. The first-order chi connectivity index (χ1) is 21.8. The molecule has 0 aromatic heterocycles. The molecule has 0 aliphatic heterocycles. The van der Waals surface area contributed by atoms with Crippen LogP contribution in [0.5, 0.6) is 0 Å². The zero-order valence-electron chi connectivity index (χ0n) is 26.5. The van der Waals surface area contributed by atoms with E-state index in [1.807, 2.05) is 13.8 Å². The Hall–Kier alpha value is -3.70. The molecule has 0 bridgehead atoms. The second kappa shape index (κ2) is 15.5. The van der Waals surface area contributed by atoms with Crippen molar-refractivity contribution in [3.63, 3.8) is 0 Å². The van der Waals surface area contributed by atoms with Gasteiger partial charge in [0.05, 0.1) is 29.2 Å². The van der Waals surface area contributed by atoms with E-state index in [2.05, 4.69) is 5.32 Å². The van der Waals surface area contributed by atoms with Gasteiger partial charge >= 0.3 is 24.5 Å². The first-order valence-electron chi connectivity index (χ1n) is 15.3. The van der Waals surface area contributed by atoms with Crippen LogP contribution in [0.15, 0.2) is 60.7 Å². The molecular formula is C35H38F9NO2. The molecule has 0 aliphatic carbocycles. The Bertz CT molecular complexity index is 1440. The lowest BCUT2D eigenvalue weighted by Crippen LogP contribution is -2.18. The maximum absolute atomic E-state index is 13.3. The number of ether oxygens (including phenoxy) is 1. The number of benzene rings is 3. The fraction of sp³-hybridized carbons (Fsp3) is 0.457. The number of hydrogen-bond acceptors (Lipinski definition) is 3. The van der Waals surface area contributed by atoms with Gasteiger partial charge in [0.25, 0.3) is 0 Å². The highest BCUT2D eigenvalue weighted by atomic mass is 19.4. The van der Waals surface area contributed by atoms with E-state index < -0.39 is 47.1 Å². The third-order valence-corrected chi connectivity index (χ3v) is 7.62. The van der Waals surface area contributed by atoms with Crippen molar-refractivity contribution < 1.29 is 49.0 Å². The van der Waals surface area contributed by atoms with Gasteiger partial charge in [-0.1, -0.05) is 39.0 Å². The molecule has 0 saturated heterocycles. The molecule has 3 aromatic rings. The van der Waals surface area contributed by atoms with E-state index in [0.717, 1.165) is 24.3 Å². The lowest BCUT2D eigenvalue weighted by molar-refractivity contribution is -0.145. The molecule has 0 amide bonds. The molecule has 0 aliphatic rings. The molecule has 3 rings (SSSR count). The molecule has 3 aromatic carbocycles. The van der Waals surface area contributed by atoms with Crippen LogP contribution in [0.3, 0.4) is 0 Å². The maximum atomic E-state index is 13.3. The minimum Gasteiger partial charge on any atom is -0.466 e. The number of carbonyl (C=O) groups is 1. The highest BCUT2D eigenvalue weighted by Crippen LogP contribution is 2.38. The van der Waals surface area contributed by atoms with Gasteiger partial charge < -0.3 is 10.1 Å². The molecule has 0 heterocycles. The fourth-order valence-electron chi connectivity index (χ4n) is 5.38. The Kier molecular flexibility index (Phi) is 12.4. The lowest BCUT2D eigenvalue weighted by Gasteiger charge is -2.21. The molecule has 3 nitrogen and oxygen atoms in total. The van der Waals surface area contributed by atoms with Crippen molar-refractivity contribution >= 4 is 11.7 Å². The standard InChI is InChI=1S/C35H38F9NO2/c1-5-47-32(46)31(13-21(2)3)26-17-25(24-8-10-27(11-9-24)33(36,37)38)18-30(19-26)45-12-6-7-22(4)14-23-15-28(34(39,40)41)20-29(16-23)35(42,43)44/h8-11,15-22,31,45H,5-7,12-14H2,1-4H3. The minimum absolute atomic E-state index is 0.0109. The molecule has 12 heteroatoms. The maximum Gasteiger partial charge on any atom is 0.416 e. The van der Waals surface area contributed by atoms with Crippen LogP contribution in [0.1, 0.15) is 80.7 Å². The molecule has 2 atom stereocenters. The van der Waals surface area contributed by atoms with Crippen LogP contribution < -0.4 is 5.32 Å². The second-order valence-electron chi connectivity index (χ2n) is 12.1. The molecule has 0 spiro atoms. The van der Waals surface area contributed by atoms with Crippen LogP contribution in [0.4, 0.5) is 45.2 Å². The average molecular weight is 676 g/mol. The number of rotatable bonds is 13. The Morgan fingerprint density at radius 2 is 1.32 bits per heavy atom. The average Bonchev–Trinajstić information content (AvgIpc) is 2.96. The largest absolute Gasteiger partial charge is 0.466 e. The van der Waals surface area contributed by atoms with Crippen LogP contribution in [-0.2, 0) is 34.5 Å². The number of anilines is 1. The van der Waals surface area contributed by atoms with Crippen LogP contribution in [0.2, 0.25) is 0 Å². The molecule has 1 N–H and O–H groups in total. The van der Waals surface area contributed by atoms with Gasteiger partial charge in [-0.25, -0.2) is 0 Å². The van der Waals surface area contributed by atoms with E-state index in [1.54, 1.807) is 32.0 Å². The van der Waals surface area contributed by atoms with Gasteiger partial charge in [-0.3, -0.25) is 4.79 Å². The van der Waals surface area contributed by atoms with E-state index in [9.17, 15) is 44.3 Å². The quantitative estimate of drug-likeness (QED) is 0.111. The predicted octanol–water partition coefficient (Wildman–Crippen LogP) is 11.2. The molecule has 47 heavy (non-hydrogen) atoms.